The van der Waals surface area contributed by atoms with Gasteiger partial charge < -0.3 is 10.2 Å². The fourth-order valence-electron chi connectivity index (χ4n) is 2.37. The summed E-state index contributed by atoms with van der Waals surface area (Å²) < 4.78 is 0. The third-order valence-electron chi connectivity index (χ3n) is 3.32. The van der Waals surface area contributed by atoms with Crippen LogP contribution in [-0.4, -0.2) is 37.1 Å². The SMILES string of the molecule is CCNCCCN1CCC(C)CC1C. The van der Waals surface area contributed by atoms with Gasteiger partial charge in [-0.3, -0.25) is 0 Å². The molecule has 1 aliphatic rings. The quantitative estimate of drug-likeness (QED) is 0.681. The molecule has 2 unspecified atom stereocenters. The van der Waals surface area contributed by atoms with E-state index in [0.717, 1.165) is 18.5 Å². The molecule has 0 aromatic heterocycles. The summed E-state index contributed by atoms with van der Waals surface area (Å²) in [7, 11) is 0. The van der Waals surface area contributed by atoms with Crippen LogP contribution in [0, 0.1) is 5.92 Å². The van der Waals surface area contributed by atoms with E-state index in [1.165, 1.54) is 38.9 Å². The smallest absolute Gasteiger partial charge is 0.00694 e. The Morgan fingerprint density at radius 3 is 2.79 bits per heavy atom. The lowest BCUT2D eigenvalue weighted by atomic mass is 9.93. The molecule has 0 bridgehead atoms. The molecule has 1 rings (SSSR count). The minimum atomic E-state index is 0.806. The highest BCUT2D eigenvalue weighted by molar-refractivity contribution is 4.76. The van der Waals surface area contributed by atoms with Crippen molar-refractivity contribution in [3.63, 3.8) is 0 Å². The van der Waals surface area contributed by atoms with Crippen molar-refractivity contribution in [1.82, 2.24) is 10.2 Å². The van der Waals surface area contributed by atoms with Crippen LogP contribution in [0.4, 0.5) is 0 Å². The largest absolute Gasteiger partial charge is 0.317 e. The maximum atomic E-state index is 3.38. The molecule has 1 aliphatic heterocycles. The van der Waals surface area contributed by atoms with E-state index in [9.17, 15) is 0 Å². The van der Waals surface area contributed by atoms with E-state index in [0.29, 0.717) is 0 Å². The molecule has 84 valence electrons. The maximum absolute atomic E-state index is 3.38. The summed E-state index contributed by atoms with van der Waals surface area (Å²) in [5.41, 5.74) is 0. The van der Waals surface area contributed by atoms with Crippen molar-refractivity contribution < 1.29 is 0 Å². The van der Waals surface area contributed by atoms with Crippen LogP contribution in [0.5, 0.6) is 0 Å². The molecule has 2 heteroatoms. The van der Waals surface area contributed by atoms with E-state index in [1.807, 2.05) is 0 Å². The van der Waals surface area contributed by atoms with Crippen LogP contribution in [0.1, 0.15) is 40.0 Å². The Bertz CT molecular complexity index is 147. The second-order valence-corrected chi connectivity index (χ2v) is 4.72. The van der Waals surface area contributed by atoms with Gasteiger partial charge in [0.2, 0.25) is 0 Å². The number of nitrogens with zero attached hydrogens (tertiary/aromatic N) is 1. The first-order valence-corrected chi connectivity index (χ1v) is 6.18. The highest BCUT2D eigenvalue weighted by atomic mass is 15.2. The van der Waals surface area contributed by atoms with Crippen molar-refractivity contribution >= 4 is 0 Å². The van der Waals surface area contributed by atoms with Crippen LogP contribution in [0.2, 0.25) is 0 Å². The first kappa shape index (κ1) is 12.0. The molecule has 2 nitrogen and oxygen atoms in total. The van der Waals surface area contributed by atoms with E-state index >= 15 is 0 Å². The zero-order chi connectivity index (χ0) is 10.4. The van der Waals surface area contributed by atoms with Gasteiger partial charge in [0, 0.05) is 6.04 Å². The summed E-state index contributed by atoms with van der Waals surface area (Å²) in [6.45, 7) is 11.8. The predicted octanol–water partition coefficient (Wildman–Crippen LogP) is 2.11. The van der Waals surface area contributed by atoms with E-state index < -0.39 is 0 Å². The third-order valence-corrected chi connectivity index (χ3v) is 3.32. The average molecular weight is 198 g/mol. The summed E-state index contributed by atoms with van der Waals surface area (Å²) in [5.74, 6) is 0.940. The lowest BCUT2D eigenvalue weighted by Crippen LogP contribution is -2.41. The van der Waals surface area contributed by atoms with Crippen molar-refractivity contribution in [3.8, 4) is 0 Å². The lowest BCUT2D eigenvalue weighted by molar-refractivity contribution is 0.128. The number of hydrogen-bond donors (Lipinski definition) is 1. The molecule has 1 heterocycles. The molecule has 0 saturated carbocycles. The molecule has 2 atom stereocenters. The molecule has 1 N–H and O–H groups in total. The first-order valence-electron chi connectivity index (χ1n) is 6.18. The zero-order valence-corrected chi connectivity index (χ0v) is 10.1. The maximum Gasteiger partial charge on any atom is 0.00694 e. The first-order chi connectivity index (χ1) is 6.74. The van der Waals surface area contributed by atoms with Crippen LogP contribution in [0.25, 0.3) is 0 Å². The minimum Gasteiger partial charge on any atom is -0.317 e. The van der Waals surface area contributed by atoms with Gasteiger partial charge in [-0.15, -0.1) is 0 Å². The number of piperidine rings is 1. The van der Waals surface area contributed by atoms with Gasteiger partial charge in [-0.05, 0) is 58.3 Å². The fourth-order valence-corrected chi connectivity index (χ4v) is 2.37. The van der Waals surface area contributed by atoms with E-state index in [-0.39, 0.29) is 0 Å². The molecular formula is C12H26N2. The van der Waals surface area contributed by atoms with Gasteiger partial charge >= 0.3 is 0 Å². The Labute approximate surface area is 89.1 Å². The normalized spacial score (nSPS) is 29.4. The minimum absolute atomic E-state index is 0.806. The Morgan fingerprint density at radius 2 is 2.14 bits per heavy atom. The third kappa shape index (κ3) is 3.97. The highest BCUT2D eigenvalue weighted by Crippen LogP contribution is 2.21. The molecule has 1 saturated heterocycles. The van der Waals surface area contributed by atoms with Crippen LogP contribution >= 0.6 is 0 Å². The molecule has 0 radical (unpaired) electrons. The number of hydrogen-bond acceptors (Lipinski definition) is 2. The summed E-state index contributed by atoms with van der Waals surface area (Å²) in [6.07, 6.45) is 4.08. The topological polar surface area (TPSA) is 15.3 Å². The Hall–Kier alpha value is -0.0800. The average Bonchev–Trinajstić information content (AvgIpc) is 2.15. The molecule has 14 heavy (non-hydrogen) atoms. The lowest BCUT2D eigenvalue weighted by Gasteiger charge is -2.36. The summed E-state index contributed by atoms with van der Waals surface area (Å²) in [5, 5.41) is 3.38. The van der Waals surface area contributed by atoms with Gasteiger partial charge in [-0.25, -0.2) is 0 Å². The van der Waals surface area contributed by atoms with E-state index in [4.69, 9.17) is 0 Å². The van der Waals surface area contributed by atoms with E-state index in [2.05, 4.69) is 31.0 Å². The van der Waals surface area contributed by atoms with Crippen molar-refractivity contribution in [2.75, 3.05) is 26.2 Å². The second kappa shape index (κ2) is 6.41. The van der Waals surface area contributed by atoms with Gasteiger partial charge in [-0.2, -0.15) is 0 Å². The van der Waals surface area contributed by atoms with Crippen LogP contribution < -0.4 is 5.32 Å². The standard InChI is InChI=1S/C12H26N2/c1-4-13-7-5-8-14-9-6-11(2)10-12(14)3/h11-13H,4-10H2,1-3H3. The molecule has 0 aromatic carbocycles. The van der Waals surface area contributed by atoms with Crippen LogP contribution in [-0.2, 0) is 0 Å². The summed E-state index contributed by atoms with van der Waals surface area (Å²) in [4.78, 5) is 2.65. The Balaban J connectivity index is 2.11. The van der Waals surface area contributed by atoms with Gasteiger partial charge in [-0.1, -0.05) is 13.8 Å². The molecule has 1 fully saturated rings. The fraction of sp³-hybridized carbons (Fsp3) is 1.00. The monoisotopic (exact) mass is 198 g/mol. The van der Waals surface area contributed by atoms with Crippen molar-refractivity contribution in [2.24, 2.45) is 5.92 Å². The van der Waals surface area contributed by atoms with Gasteiger partial charge in [0.05, 0.1) is 0 Å². The number of likely N-dealkylation sites (tertiary alicyclic amines) is 1. The second-order valence-electron chi connectivity index (χ2n) is 4.72. The summed E-state index contributed by atoms with van der Waals surface area (Å²) in [6, 6.07) is 0.806. The molecule has 0 spiro atoms. The van der Waals surface area contributed by atoms with Gasteiger partial charge in [0.15, 0.2) is 0 Å². The zero-order valence-electron chi connectivity index (χ0n) is 10.1. The number of nitrogens with one attached hydrogen (secondary N) is 1. The van der Waals surface area contributed by atoms with Gasteiger partial charge in [0.1, 0.15) is 0 Å². The predicted molar refractivity (Wildman–Crippen MR) is 62.6 cm³/mol. The molecular weight excluding hydrogens is 172 g/mol. The van der Waals surface area contributed by atoms with Crippen molar-refractivity contribution in [3.05, 3.63) is 0 Å². The van der Waals surface area contributed by atoms with E-state index in [1.54, 1.807) is 0 Å². The molecule has 0 aromatic rings. The molecule has 0 aliphatic carbocycles. The van der Waals surface area contributed by atoms with Crippen LogP contribution in [0.3, 0.4) is 0 Å². The van der Waals surface area contributed by atoms with Crippen molar-refractivity contribution in [2.45, 2.75) is 46.1 Å². The number of rotatable bonds is 5. The van der Waals surface area contributed by atoms with Crippen LogP contribution in [0.15, 0.2) is 0 Å². The molecule has 0 amide bonds. The summed E-state index contributed by atoms with van der Waals surface area (Å²) >= 11 is 0. The Morgan fingerprint density at radius 1 is 1.36 bits per heavy atom. The highest BCUT2D eigenvalue weighted by Gasteiger charge is 2.21. The van der Waals surface area contributed by atoms with Crippen molar-refractivity contribution in [1.29, 1.82) is 0 Å². The van der Waals surface area contributed by atoms with Gasteiger partial charge in [0.25, 0.3) is 0 Å². The Kier molecular flexibility index (Phi) is 5.49.